The summed E-state index contributed by atoms with van der Waals surface area (Å²) in [5.74, 6) is -1.58. The van der Waals surface area contributed by atoms with Crippen molar-refractivity contribution in [1.29, 1.82) is 0 Å². The van der Waals surface area contributed by atoms with E-state index in [1.807, 2.05) is 88.6 Å². The maximum absolute atomic E-state index is 14.0. The fourth-order valence-corrected chi connectivity index (χ4v) is 12.6. The second-order valence-corrected chi connectivity index (χ2v) is 21.4. The number of carbonyl (C=O) groups excluding carboxylic acids is 6. The summed E-state index contributed by atoms with van der Waals surface area (Å²) < 4.78 is 13.4. The van der Waals surface area contributed by atoms with Crippen LogP contribution in [0.1, 0.15) is 121 Å². The SMILES string of the molecule is CSC(C)C(=O)CCCC(=O)C[C@H](C(=O)N[C@@H](C)C(=O)Cc1cccc(Cc2ccc([C@@H]3O[C@@H]4C[C@H]5[C@@H]6CCC7=CC(=O)C=C[C@]7(C)[C@H]6[C@@H](O)C[C@]5(C)[C@]4(C(=O)CO)O3)cc2)c1)C(C)C. The largest absolute Gasteiger partial charge is 0.393 e. The van der Waals surface area contributed by atoms with Gasteiger partial charge < -0.3 is 25.0 Å². The van der Waals surface area contributed by atoms with Crippen LogP contribution < -0.4 is 5.32 Å². The number of ether oxygens (including phenoxy) is 2. The van der Waals surface area contributed by atoms with Gasteiger partial charge in [0, 0.05) is 53.9 Å². The van der Waals surface area contributed by atoms with Crippen molar-refractivity contribution in [3.05, 3.63) is 94.6 Å². The minimum Gasteiger partial charge on any atom is -0.393 e. The van der Waals surface area contributed by atoms with Crippen molar-refractivity contribution in [3.8, 4) is 0 Å². The van der Waals surface area contributed by atoms with Crippen molar-refractivity contribution in [2.75, 3.05) is 12.9 Å². The van der Waals surface area contributed by atoms with E-state index in [0.29, 0.717) is 32.1 Å². The van der Waals surface area contributed by atoms with E-state index in [1.165, 1.54) is 11.8 Å². The molecule has 12 heteroatoms. The first-order valence-electron chi connectivity index (χ1n) is 23.5. The average molecular weight is 910 g/mol. The number of nitrogens with one attached hydrogen (secondary N) is 1. The Morgan fingerprint density at radius 1 is 0.954 bits per heavy atom. The number of fused-ring (bicyclic) bond motifs is 7. The van der Waals surface area contributed by atoms with E-state index in [4.69, 9.17) is 9.47 Å². The van der Waals surface area contributed by atoms with E-state index >= 15 is 0 Å². The molecule has 0 radical (unpaired) electrons. The molecule has 0 spiro atoms. The highest BCUT2D eigenvalue weighted by atomic mass is 32.2. The highest BCUT2D eigenvalue weighted by Crippen LogP contribution is 2.70. The number of hydrogen-bond acceptors (Lipinski definition) is 11. The molecule has 2 aromatic carbocycles. The summed E-state index contributed by atoms with van der Waals surface area (Å²) >= 11 is 1.49. The van der Waals surface area contributed by atoms with Gasteiger partial charge in [-0.1, -0.05) is 87.9 Å². The highest BCUT2D eigenvalue weighted by molar-refractivity contribution is 7.99. The molecule has 2 aromatic rings. The Morgan fingerprint density at radius 2 is 1.68 bits per heavy atom. The normalized spacial score (nSPS) is 31.5. The molecule has 1 aliphatic heterocycles. The van der Waals surface area contributed by atoms with Crippen LogP contribution in [0.5, 0.6) is 0 Å². The van der Waals surface area contributed by atoms with E-state index in [0.717, 1.165) is 40.7 Å². The second kappa shape index (κ2) is 19.6. The predicted molar refractivity (Wildman–Crippen MR) is 249 cm³/mol. The van der Waals surface area contributed by atoms with E-state index in [1.54, 1.807) is 19.1 Å². The monoisotopic (exact) mass is 909 g/mol. The topological polar surface area (TPSA) is 173 Å². The average Bonchev–Trinajstić information content (AvgIpc) is 3.77. The van der Waals surface area contributed by atoms with Gasteiger partial charge in [-0.05, 0) is 105 Å². The number of ketones is 5. The Labute approximate surface area is 388 Å². The summed E-state index contributed by atoms with van der Waals surface area (Å²) in [6.07, 6.45) is 9.24. The first-order valence-corrected chi connectivity index (χ1v) is 24.8. The fourth-order valence-electron chi connectivity index (χ4n) is 12.2. The van der Waals surface area contributed by atoms with Crippen molar-refractivity contribution in [2.24, 2.45) is 40.4 Å². The maximum atomic E-state index is 14.0. The molecule has 350 valence electrons. The van der Waals surface area contributed by atoms with Gasteiger partial charge in [0.15, 0.2) is 29.2 Å². The number of Topliss-reactive ketones (excluding diaryl/α,β-unsaturated/α-hetero) is 4. The quantitative estimate of drug-likeness (QED) is 0.130. The summed E-state index contributed by atoms with van der Waals surface area (Å²) in [5, 5.41) is 25.1. The smallest absolute Gasteiger partial charge is 0.224 e. The number of benzene rings is 2. The van der Waals surface area contributed by atoms with Crippen molar-refractivity contribution in [2.45, 2.75) is 141 Å². The lowest BCUT2D eigenvalue weighted by Gasteiger charge is -2.59. The third kappa shape index (κ3) is 9.44. The van der Waals surface area contributed by atoms with E-state index in [-0.39, 0.29) is 77.2 Å². The van der Waals surface area contributed by atoms with Gasteiger partial charge in [-0.2, -0.15) is 11.8 Å². The molecule has 7 rings (SSSR count). The summed E-state index contributed by atoms with van der Waals surface area (Å²) in [7, 11) is 0. The molecule has 4 aliphatic carbocycles. The Balaban J connectivity index is 0.955. The van der Waals surface area contributed by atoms with Crippen molar-refractivity contribution < 1.29 is 48.5 Å². The minimum absolute atomic E-state index is 0.00492. The van der Waals surface area contributed by atoms with Crippen LogP contribution in [-0.4, -0.2) is 87.0 Å². The molecular formula is C53H67NO10S. The molecule has 1 saturated heterocycles. The fraction of sp³-hybridized carbons (Fsp3) is 0.585. The van der Waals surface area contributed by atoms with Crippen LogP contribution in [0.3, 0.4) is 0 Å². The van der Waals surface area contributed by atoms with E-state index < -0.39 is 59.3 Å². The van der Waals surface area contributed by atoms with Crippen molar-refractivity contribution in [1.82, 2.24) is 5.32 Å². The Hall–Kier alpha value is -4.07. The number of rotatable bonds is 19. The van der Waals surface area contributed by atoms with Gasteiger partial charge in [0.1, 0.15) is 18.2 Å². The molecule has 1 amide bonds. The van der Waals surface area contributed by atoms with Crippen LogP contribution >= 0.6 is 11.8 Å². The summed E-state index contributed by atoms with van der Waals surface area (Å²) in [4.78, 5) is 77.9. The van der Waals surface area contributed by atoms with Gasteiger partial charge >= 0.3 is 0 Å². The van der Waals surface area contributed by atoms with Gasteiger partial charge in [-0.15, -0.1) is 0 Å². The van der Waals surface area contributed by atoms with Gasteiger partial charge in [-0.25, -0.2) is 0 Å². The zero-order valence-corrected chi connectivity index (χ0v) is 39.8. The maximum Gasteiger partial charge on any atom is 0.224 e. The van der Waals surface area contributed by atoms with Crippen LogP contribution in [0, 0.1) is 40.4 Å². The molecule has 0 aromatic heterocycles. The Bertz CT molecular complexity index is 2230. The van der Waals surface area contributed by atoms with Crippen molar-refractivity contribution >= 4 is 46.6 Å². The van der Waals surface area contributed by atoms with Gasteiger partial charge in [0.05, 0.1) is 23.5 Å². The molecule has 3 N–H and O–H groups in total. The van der Waals surface area contributed by atoms with Crippen LogP contribution in [0.25, 0.3) is 0 Å². The van der Waals surface area contributed by atoms with Gasteiger partial charge in [0.2, 0.25) is 5.91 Å². The number of aliphatic hydroxyl groups is 2. The van der Waals surface area contributed by atoms with Crippen LogP contribution in [0.4, 0.5) is 0 Å². The zero-order valence-electron chi connectivity index (χ0n) is 39.0. The third-order valence-corrected chi connectivity index (χ3v) is 16.9. The lowest BCUT2D eigenvalue weighted by molar-refractivity contribution is -0.201. The summed E-state index contributed by atoms with van der Waals surface area (Å²) in [6.45, 7) is 10.8. The number of carbonyl (C=O) groups is 6. The molecule has 0 bridgehead atoms. The molecule has 1 heterocycles. The van der Waals surface area contributed by atoms with E-state index in [9.17, 15) is 39.0 Å². The number of amides is 1. The van der Waals surface area contributed by atoms with Crippen LogP contribution in [-0.2, 0) is 51.1 Å². The first-order chi connectivity index (χ1) is 30.8. The molecule has 12 atom stereocenters. The second-order valence-electron chi connectivity index (χ2n) is 20.2. The minimum atomic E-state index is -1.43. The van der Waals surface area contributed by atoms with Crippen LogP contribution in [0.2, 0.25) is 0 Å². The first kappa shape index (κ1) is 48.9. The molecule has 65 heavy (non-hydrogen) atoms. The van der Waals surface area contributed by atoms with Gasteiger partial charge in [-0.3, -0.25) is 28.8 Å². The Morgan fingerprint density at radius 3 is 2.37 bits per heavy atom. The molecule has 5 aliphatic rings. The van der Waals surface area contributed by atoms with E-state index in [2.05, 4.69) is 12.2 Å². The third-order valence-electron chi connectivity index (χ3n) is 15.9. The van der Waals surface area contributed by atoms with Gasteiger partial charge in [0.25, 0.3) is 0 Å². The molecular weight excluding hydrogens is 843 g/mol. The molecule has 4 fully saturated rings. The lowest BCUT2D eigenvalue weighted by atomic mass is 9.46. The highest BCUT2D eigenvalue weighted by Gasteiger charge is 2.76. The lowest BCUT2D eigenvalue weighted by Crippen LogP contribution is -2.63. The summed E-state index contributed by atoms with van der Waals surface area (Å²) in [5.41, 5.74) is 1.96. The van der Waals surface area contributed by atoms with Crippen molar-refractivity contribution in [3.63, 3.8) is 0 Å². The number of allylic oxidation sites excluding steroid dienone is 4. The number of hydrogen-bond donors (Lipinski definition) is 3. The summed E-state index contributed by atoms with van der Waals surface area (Å²) in [6, 6.07) is 14.9. The molecule has 1 unspecified atom stereocenters. The zero-order chi connectivity index (χ0) is 47.0. The Kier molecular flexibility index (Phi) is 14.8. The number of thioether (sulfide) groups is 1. The number of aliphatic hydroxyl groups excluding tert-OH is 2. The van der Waals surface area contributed by atoms with Crippen LogP contribution in [0.15, 0.2) is 72.3 Å². The molecule has 3 saturated carbocycles. The predicted octanol–water partition coefficient (Wildman–Crippen LogP) is 7.22. The standard InChI is InChI=1S/C53H67NO10S/c1-30(2)41(26-38(56)12-9-13-43(58)32(4)65-7)49(62)54-31(3)44(59)24-35-11-8-10-34(23-35)22-33-14-16-36(17-15-33)50-63-47-27-42-40-19-18-37-25-39(57)20-21-51(37,5)48(40)45(60)28-52(42,6)53(47,64-50)46(61)29-55/h8,10-11,14-17,20-21,23,25,30-32,40-42,45,47-48,50,55,60H,9,12-13,18-19,22,24,26-29H2,1-7H3,(H,54,62)/t31-,32?,40-,41-,42-,45-,47+,48+,50+,51-,52-,53+/m0/s1. The molecule has 11 nitrogen and oxygen atoms in total.